The number of aromatic nitrogens is 2. The maximum atomic E-state index is 10.2. The van der Waals surface area contributed by atoms with Crippen LogP contribution >= 0.6 is 0 Å². The number of aryl methyl sites for hydroxylation is 2. The number of carbonyl (C=O) groups is 3. The molecule has 1 aliphatic carbocycles. The molecule has 0 saturated carbocycles. The van der Waals surface area contributed by atoms with Gasteiger partial charge in [-0.05, 0) is 84.7 Å². The van der Waals surface area contributed by atoms with Crippen molar-refractivity contribution >= 4 is 69.2 Å². The molecule has 0 spiro atoms. The normalized spacial score (nSPS) is 9.23. The quantitative estimate of drug-likeness (QED) is 0.0925. The van der Waals surface area contributed by atoms with Crippen molar-refractivity contribution in [2.45, 2.75) is 210 Å². The van der Waals surface area contributed by atoms with Gasteiger partial charge in [0.2, 0.25) is 0 Å². The second kappa shape index (κ2) is 77.2. The van der Waals surface area contributed by atoms with Gasteiger partial charge in [0.15, 0.2) is 0 Å². The van der Waals surface area contributed by atoms with Gasteiger partial charge in [-0.2, -0.15) is 0 Å². The Bertz CT molecular complexity index is 2040. The lowest BCUT2D eigenvalue weighted by atomic mass is 10.1. The van der Waals surface area contributed by atoms with Gasteiger partial charge in [0.25, 0.3) is 0 Å². The van der Waals surface area contributed by atoms with Crippen molar-refractivity contribution in [1.29, 1.82) is 0 Å². The predicted molar refractivity (Wildman–Crippen MR) is 350 cm³/mol. The van der Waals surface area contributed by atoms with Crippen molar-refractivity contribution in [1.82, 2.24) is 9.97 Å². The Morgan fingerprint density at radius 2 is 0.582 bits per heavy atom. The molecule has 6 rings (SSSR count). The van der Waals surface area contributed by atoms with E-state index in [0.717, 1.165) is 19.3 Å². The van der Waals surface area contributed by atoms with Crippen LogP contribution in [-0.2, 0) is 56.7 Å². The summed E-state index contributed by atoms with van der Waals surface area (Å²) in [6.45, 7) is 42.3. The molecule has 0 unspecified atom stereocenters. The number of hydrogen-bond acceptors (Lipinski definition) is 9. The standard InChI is InChI=1S/C9H10.2C8H7N.3C4H10O2S.3C3H6O2.8C2H6/c1-2-5-9-7-3-6-8(9)4-1;2*1-2-4-8-7(3-1)5-6-9-8;3*1-3-4-7(2,5)6;3*1-2-3(4)5;8*1-2/h1-2,4-5H,3,6-7H2;2*1-6,9H;3*3-4H2,1-2H3;3*2H2,1H3,(H,4,5);8*1-2H3. The maximum absolute atomic E-state index is 10.2. The molecule has 0 saturated heterocycles. The summed E-state index contributed by atoms with van der Waals surface area (Å²) >= 11 is 0. The van der Waals surface area contributed by atoms with Crippen molar-refractivity contribution < 1.29 is 55.0 Å². The van der Waals surface area contributed by atoms with E-state index in [2.05, 4.69) is 70.6 Å². The Hall–Kier alpha value is -5.00. The number of aromatic amines is 2. The van der Waals surface area contributed by atoms with E-state index in [1.807, 2.05) is 168 Å². The van der Waals surface area contributed by atoms with Crippen LogP contribution in [0.3, 0.4) is 0 Å². The lowest BCUT2D eigenvalue weighted by molar-refractivity contribution is -0.137. The van der Waals surface area contributed by atoms with Gasteiger partial charge in [0.1, 0.15) is 29.5 Å². The third-order valence-electron chi connectivity index (χ3n) is 7.57. The number of sulfone groups is 3. The zero-order valence-corrected chi connectivity index (χ0v) is 56.9. The highest BCUT2D eigenvalue weighted by atomic mass is 32.2. The van der Waals surface area contributed by atoms with Crippen molar-refractivity contribution in [3.8, 4) is 0 Å². The Balaban J connectivity index is -0.0000000714. The van der Waals surface area contributed by atoms with Gasteiger partial charge in [0, 0.05) is 78.7 Å². The summed E-state index contributed by atoms with van der Waals surface area (Å²) in [5.41, 5.74) is 5.55. The average Bonchev–Trinajstić information content (AvgIpc) is 4.26. The zero-order valence-electron chi connectivity index (χ0n) is 54.5. The molecular weight excluding hydrogens is 1060 g/mol. The van der Waals surface area contributed by atoms with E-state index in [-0.39, 0.29) is 19.3 Å². The highest BCUT2D eigenvalue weighted by Crippen LogP contribution is 2.20. The van der Waals surface area contributed by atoms with E-state index in [1.165, 1.54) is 59.8 Å². The molecule has 3 aromatic carbocycles. The number of aliphatic carboxylic acids is 3. The van der Waals surface area contributed by atoms with Crippen LogP contribution in [0.5, 0.6) is 0 Å². The summed E-state index contributed by atoms with van der Waals surface area (Å²) in [5, 5.41) is 25.7. The number of carboxylic acid groups (broad SMARTS) is 3. The molecule has 17 heteroatoms. The molecule has 0 fully saturated rings. The Morgan fingerprint density at radius 1 is 0.380 bits per heavy atom. The van der Waals surface area contributed by atoms with Crippen molar-refractivity contribution in [2.75, 3.05) is 36.0 Å². The molecule has 0 aliphatic heterocycles. The van der Waals surface area contributed by atoms with Crippen molar-refractivity contribution in [3.05, 3.63) is 108 Å². The van der Waals surface area contributed by atoms with Crippen LogP contribution in [0.15, 0.2) is 97.3 Å². The first-order valence-corrected chi connectivity index (χ1v) is 34.9. The minimum atomic E-state index is -2.67. The molecular formula is C62H120N2O12S3. The highest BCUT2D eigenvalue weighted by Gasteiger charge is 2.07. The number of carboxylic acids is 3. The van der Waals surface area contributed by atoms with Crippen LogP contribution in [0.1, 0.15) is 208 Å². The van der Waals surface area contributed by atoms with Gasteiger partial charge in [0.05, 0.1) is 0 Å². The van der Waals surface area contributed by atoms with Gasteiger partial charge >= 0.3 is 17.9 Å². The van der Waals surface area contributed by atoms with E-state index >= 15 is 0 Å². The van der Waals surface area contributed by atoms with Gasteiger partial charge in [-0.25, -0.2) is 25.3 Å². The van der Waals surface area contributed by atoms with Crippen LogP contribution in [0.4, 0.5) is 0 Å². The summed E-state index contributed by atoms with van der Waals surface area (Å²) in [6, 6.07) is 29.3. The first-order chi connectivity index (χ1) is 37.4. The minimum absolute atomic E-state index is 0.222. The lowest BCUT2D eigenvalue weighted by Crippen LogP contribution is -2.00. The summed E-state index contributed by atoms with van der Waals surface area (Å²) in [4.78, 5) is 34.3. The van der Waals surface area contributed by atoms with Gasteiger partial charge in [-0.1, -0.05) is 213 Å². The third-order valence-corrected chi connectivity index (χ3v) is 11.0. The molecule has 0 bridgehead atoms. The fraction of sp³-hybridized carbons (Fsp3) is 0.597. The van der Waals surface area contributed by atoms with Crippen molar-refractivity contribution in [2.24, 2.45) is 0 Å². The van der Waals surface area contributed by atoms with E-state index in [4.69, 9.17) is 15.3 Å². The predicted octanol–water partition coefficient (Wildman–Crippen LogP) is 17.5. The summed E-state index contributed by atoms with van der Waals surface area (Å²) in [5.74, 6) is -1.30. The number of rotatable bonds is 9. The molecule has 14 nitrogen and oxygen atoms in total. The Labute approximate surface area is 486 Å². The van der Waals surface area contributed by atoms with Crippen molar-refractivity contribution in [3.63, 3.8) is 0 Å². The summed E-state index contributed by atoms with van der Waals surface area (Å²) in [7, 11) is -8.02. The molecule has 0 amide bonds. The molecule has 5 N–H and O–H groups in total. The fourth-order valence-electron chi connectivity index (χ4n) is 4.62. The lowest BCUT2D eigenvalue weighted by Gasteiger charge is -1.93. The molecule has 468 valence electrons. The number of benzene rings is 3. The number of H-pyrrole nitrogens is 2. The van der Waals surface area contributed by atoms with E-state index < -0.39 is 47.4 Å². The Morgan fingerprint density at radius 3 is 0.747 bits per heavy atom. The summed E-state index contributed by atoms with van der Waals surface area (Å²) in [6.07, 6.45) is 14.4. The third kappa shape index (κ3) is 89.8. The van der Waals surface area contributed by atoms with Crippen LogP contribution in [0.25, 0.3) is 21.8 Å². The molecule has 0 atom stereocenters. The Kier molecular flexibility index (Phi) is 97.1. The number of hydrogen-bond donors (Lipinski definition) is 5. The van der Waals surface area contributed by atoms with E-state index in [0.29, 0.717) is 17.3 Å². The second-order valence-electron chi connectivity index (χ2n) is 13.9. The largest absolute Gasteiger partial charge is 0.481 e. The zero-order chi connectivity index (χ0) is 64.9. The van der Waals surface area contributed by atoms with Crippen LogP contribution < -0.4 is 0 Å². The fourth-order valence-corrected chi connectivity index (χ4v) is 6.84. The van der Waals surface area contributed by atoms with E-state index in [1.54, 1.807) is 31.9 Å². The van der Waals surface area contributed by atoms with Crippen LogP contribution in [0, 0.1) is 0 Å². The van der Waals surface area contributed by atoms with Crippen LogP contribution in [-0.4, -0.2) is 104 Å². The molecule has 5 aromatic rings. The molecule has 0 radical (unpaired) electrons. The monoisotopic (exact) mass is 1180 g/mol. The number of para-hydroxylation sites is 2. The number of nitrogens with one attached hydrogen (secondary N) is 2. The molecule has 1 aliphatic rings. The summed E-state index contributed by atoms with van der Waals surface area (Å²) < 4.78 is 61.4. The molecule has 2 aromatic heterocycles. The average molecular weight is 1180 g/mol. The van der Waals surface area contributed by atoms with Crippen LogP contribution in [0.2, 0.25) is 0 Å². The van der Waals surface area contributed by atoms with E-state index in [9.17, 15) is 39.6 Å². The van der Waals surface area contributed by atoms with Gasteiger partial charge in [-0.3, -0.25) is 14.4 Å². The number of fused-ring (bicyclic) bond motifs is 3. The first-order valence-electron chi connectivity index (χ1n) is 28.7. The second-order valence-corrected chi connectivity index (χ2v) is 20.7. The topological polar surface area (TPSA) is 246 Å². The molecule has 79 heavy (non-hydrogen) atoms. The first kappa shape index (κ1) is 99.4. The SMILES string of the molecule is CC.CC.CC.CC.CC.CC.CC.CC.CCC(=O)O.CCC(=O)O.CCC(=O)O.CCCS(C)(=O)=O.CCCS(C)(=O)=O.CCCS(C)(=O)=O.c1ccc2[nH]ccc2c1.c1ccc2[nH]ccc2c1.c1ccc2c(c1)CCC2. The smallest absolute Gasteiger partial charge is 0.303 e. The van der Waals surface area contributed by atoms with Gasteiger partial charge < -0.3 is 25.3 Å². The minimum Gasteiger partial charge on any atom is -0.481 e. The molecule has 2 heterocycles. The maximum Gasteiger partial charge on any atom is 0.303 e. The van der Waals surface area contributed by atoms with Gasteiger partial charge in [-0.15, -0.1) is 0 Å². The highest BCUT2D eigenvalue weighted by molar-refractivity contribution is 7.91.